The summed E-state index contributed by atoms with van der Waals surface area (Å²) in [6.45, 7) is 1.47. The van der Waals surface area contributed by atoms with Gasteiger partial charge in [-0.05, 0) is 37.6 Å². The zero-order valence-electron chi connectivity index (χ0n) is 15.2. The Morgan fingerprint density at radius 3 is 2.63 bits per heavy atom. The number of sulfone groups is 1. The van der Waals surface area contributed by atoms with Crippen LogP contribution >= 0.6 is 0 Å². The molecule has 8 heteroatoms. The highest BCUT2D eigenvalue weighted by Crippen LogP contribution is 2.22. The number of pyridine rings is 1. The van der Waals surface area contributed by atoms with Gasteiger partial charge < -0.3 is 10.2 Å². The van der Waals surface area contributed by atoms with Crippen molar-refractivity contribution in [2.24, 2.45) is 0 Å². The highest BCUT2D eigenvalue weighted by atomic mass is 32.2. The molecule has 142 valence electrons. The highest BCUT2D eigenvalue weighted by Gasteiger charge is 2.31. The summed E-state index contributed by atoms with van der Waals surface area (Å²) in [6.07, 6.45) is 2.07. The molecule has 2 aromatic rings. The molecule has 1 saturated heterocycles. The van der Waals surface area contributed by atoms with Crippen molar-refractivity contribution >= 4 is 33.0 Å². The summed E-state index contributed by atoms with van der Waals surface area (Å²) in [4.78, 5) is 30.1. The van der Waals surface area contributed by atoms with Gasteiger partial charge in [0.15, 0.2) is 15.6 Å². The van der Waals surface area contributed by atoms with Gasteiger partial charge in [-0.25, -0.2) is 13.4 Å². The second kappa shape index (κ2) is 7.48. The van der Waals surface area contributed by atoms with Gasteiger partial charge in [0, 0.05) is 36.1 Å². The maximum Gasteiger partial charge on any atom is 0.255 e. The Kier molecular flexibility index (Phi) is 5.27. The van der Waals surface area contributed by atoms with E-state index in [2.05, 4.69) is 10.3 Å². The predicted octanol–water partition coefficient (Wildman–Crippen LogP) is 2.16. The van der Waals surface area contributed by atoms with E-state index in [1.54, 1.807) is 48.3 Å². The fourth-order valence-electron chi connectivity index (χ4n) is 3.04. The molecule has 1 atom stereocenters. The summed E-state index contributed by atoms with van der Waals surface area (Å²) < 4.78 is 23.4. The van der Waals surface area contributed by atoms with E-state index in [9.17, 15) is 18.0 Å². The van der Waals surface area contributed by atoms with Crippen molar-refractivity contribution in [3.63, 3.8) is 0 Å². The van der Waals surface area contributed by atoms with E-state index in [-0.39, 0.29) is 29.2 Å². The van der Waals surface area contributed by atoms with Gasteiger partial charge in [0.1, 0.15) is 5.82 Å². The van der Waals surface area contributed by atoms with Crippen LogP contribution in [0, 0.1) is 0 Å². The van der Waals surface area contributed by atoms with Crippen molar-refractivity contribution in [3.8, 4) is 0 Å². The average molecular weight is 387 g/mol. The predicted molar refractivity (Wildman–Crippen MR) is 104 cm³/mol. The topological polar surface area (TPSA) is 96.4 Å². The molecule has 1 aromatic heterocycles. The maximum absolute atomic E-state index is 12.6. The lowest BCUT2D eigenvalue weighted by Crippen LogP contribution is -2.33. The number of carbonyl (C=O) groups is 2. The zero-order chi connectivity index (χ0) is 19.6. The van der Waals surface area contributed by atoms with Crippen molar-refractivity contribution in [2.45, 2.75) is 19.4 Å². The van der Waals surface area contributed by atoms with E-state index in [1.165, 1.54) is 13.1 Å². The molecular weight excluding hydrogens is 366 g/mol. The third kappa shape index (κ3) is 4.51. The van der Waals surface area contributed by atoms with Crippen molar-refractivity contribution in [3.05, 3.63) is 53.7 Å². The van der Waals surface area contributed by atoms with E-state index in [1.807, 2.05) is 0 Å². The summed E-state index contributed by atoms with van der Waals surface area (Å²) in [6, 6.07) is 9.81. The third-order valence-corrected chi connectivity index (χ3v) is 6.40. The molecule has 2 heterocycles. The molecule has 1 aliphatic heterocycles. The Labute approximate surface area is 158 Å². The molecule has 1 unspecified atom stereocenters. The fourth-order valence-corrected chi connectivity index (χ4v) is 4.81. The molecule has 1 amide bonds. The lowest BCUT2D eigenvalue weighted by atomic mass is 10.1. The van der Waals surface area contributed by atoms with Crippen LogP contribution in [0.5, 0.6) is 0 Å². The fraction of sp³-hybridized carbons (Fsp3) is 0.316. The number of nitrogens with one attached hydrogen (secondary N) is 1. The lowest BCUT2D eigenvalue weighted by Gasteiger charge is -2.24. The minimum atomic E-state index is -3.00. The monoisotopic (exact) mass is 387 g/mol. The normalized spacial score (nSPS) is 18.1. The lowest BCUT2D eigenvalue weighted by molar-refractivity contribution is 0.101. The van der Waals surface area contributed by atoms with Crippen LogP contribution in [-0.2, 0) is 9.84 Å². The maximum atomic E-state index is 12.6. The van der Waals surface area contributed by atoms with Crippen LogP contribution in [0.3, 0.4) is 0 Å². The SMILES string of the molecule is CC(=O)c1cccc(NC(=O)c2ccnc(N(C)C3CCS(=O)(=O)C3)c2)c1. The summed E-state index contributed by atoms with van der Waals surface area (Å²) in [7, 11) is -1.22. The largest absolute Gasteiger partial charge is 0.356 e. The minimum Gasteiger partial charge on any atom is -0.356 e. The molecule has 0 radical (unpaired) electrons. The smallest absolute Gasteiger partial charge is 0.255 e. The molecule has 1 aliphatic rings. The molecule has 0 bridgehead atoms. The second-order valence-electron chi connectivity index (χ2n) is 6.66. The van der Waals surface area contributed by atoms with Crippen LogP contribution in [0.2, 0.25) is 0 Å². The molecule has 3 rings (SSSR count). The van der Waals surface area contributed by atoms with Gasteiger partial charge in [-0.1, -0.05) is 12.1 Å². The number of rotatable bonds is 5. The number of benzene rings is 1. The zero-order valence-corrected chi connectivity index (χ0v) is 16.0. The molecule has 7 nitrogen and oxygen atoms in total. The first kappa shape index (κ1) is 19.0. The number of carbonyl (C=O) groups excluding carboxylic acids is 2. The number of nitrogens with zero attached hydrogens (tertiary/aromatic N) is 2. The summed E-state index contributed by atoms with van der Waals surface area (Å²) in [5, 5.41) is 2.77. The number of anilines is 2. The first-order chi connectivity index (χ1) is 12.7. The average Bonchev–Trinajstić information content (AvgIpc) is 3.01. The molecule has 27 heavy (non-hydrogen) atoms. The van der Waals surface area contributed by atoms with Crippen LogP contribution in [0.4, 0.5) is 11.5 Å². The van der Waals surface area contributed by atoms with E-state index < -0.39 is 9.84 Å². The quantitative estimate of drug-likeness (QED) is 0.790. The number of hydrogen-bond donors (Lipinski definition) is 1. The second-order valence-corrected chi connectivity index (χ2v) is 8.89. The molecule has 1 fully saturated rings. The summed E-state index contributed by atoms with van der Waals surface area (Å²) in [5.74, 6) is 0.410. The molecule has 1 aromatic carbocycles. The van der Waals surface area contributed by atoms with E-state index >= 15 is 0 Å². The van der Waals surface area contributed by atoms with Crippen LogP contribution in [0.15, 0.2) is 42.6 Å². The molecule has 0 saturated carbocycles. The Balaban J connectivity index is 1.76. The van der Waals surface area contributed by atoms with Crippen LogP contribution in [0.1, 0.15) is 34.1 Å². The summed E-state index contributed by atoms with van der Waals surface area (Å²) in [5.41, 5.74) is 1.45. The van der Waals surface area contributed by atoms with E-state index in [4.69, 9.17) is 0 Å². The van der Waals surface area contributed by atoms with Crippen LogP contribution < -0.4 is 10.2 Å². The van der Waals surface area contributed by atoms with Crippen molar-refractivity contribution in [2.75, 3.05) is 28.8 Å². The number of hydrogen-bond acceptors (Lipinski definition) is 6. The van der Waals surface area contributed by atoms with E-state index in [0.717, 1.165) is 0 Å². The van der Waals surface area contributed by atoms with Gasteiger partial charge in [0.2, 0.25) is 0 Å². The minimum absolute atomic E-state index is 0.0783. The standard InChI is InChI=1S/C19H21N3O4S/c1-13(23)14-4-3-5-16(10-14)21-19(24)15-6-8-20-18(11-15)22(2)17-7-9-27(25,26)12-17/h3-6,8,10-11,17H,7,9,12H2,1-2H3,(H,21,24). The molecule has 0 aliphatic carbocycles. The Hall–Kier alpha value is -2.74. The van der Waals surface area contributed by atoms with E-state index in [0.29, 0.717) is 29.1 Å². The molecule has 0 spiro atoms. The Morgan fingerprint density at radius 2 is 1.96 bits per heavy atom. The number of amides is 1. The Bertz CT molecular complexity index is 988. The van der Waals surface area contributed by atoms with Gasteiger partial charge in [-0.2, -0.15) is 0 Å². The van der Waals surface area contributed by atoms with Gasteiger partial charge in [0.25, 0.3) is 5.91 Å². The van der Waals surface area contributed by atoms with Crippen molar-refractivity contribution in [1.82, 2.24) is 4.98 Å². The van der Waals surface area contributed by atoms with Gasteiger partial charge in [0.05, 0.1) is 11.5 Å². The first-order valence-corrected chi connectivity index (χ1v) is 10.4. The number of aromatic nitrogens is 1. The van der Waals surface area contributed by atoms with Crippen LogP contribution in [-0.4, -0.2) is 49.7 Å². The van der Waals surface area contributed by atoms with Crippen molar-refractivity contribution in [1.29, 1.82) is 0 Å². The third-order valence-electron chi connectivity index (χ3n) is 4.65. The van der Waals surface area contributed by atoms with Gasteiger partial charge in [-0.15, -0.1) is 0 Å². The summed E-state index contributed by atoms with van der Waals surface area (Å²) >= 11 is 0. The first-order valence-electron chi connectivity index (χ1n) is 8.57. The highest BCUT2D eigenvalue weighted by molar-refractivity contribution is 7.91. The van der Waals surface area contributed by atoms with Gasteiger partial charge in [-0.3, -0.25) is 9.59 Å². The van der Waals surface area contributed by atoms with Crippen LogP contribution in [0.25, 0.3) is 0 Å². The number of ketones is 1. The molecular formula is C19H21N3O4S. The molecule has 1 N–H and O–H groups in total. The van der Waals surface area contributed by atoms with Gasteiger partial charge >= 0.3 is 0 Å². The number of Topliss-reactive ketones (excluding diaryl/α,β-unsaturated/α-hetero) is 1. The van der Waals surface area contributed by atoms with Crippen molar-refractivity contribution < 1.29 is 18.0 Å². The Morgan fingerprint density at radius 1 is 1.19 bits per heavy atom.